The molecule has 0 aromatic carbocycles. The van der Waals surface area contributed by atoms with Crippen molar-refractivity contribution in [3.63, 3.8) is 0 Å². The smallest absolute Gasteiger partial charge is 0.391 e. The molecule has 2 aromatic rings. The lowest BCUT2D eigenvalue weighted by molar-refractivity contribution is -0.132. The van der Waals surface area contributed by atoms with Crippen LogP contribution in [0.2, 0.25) is 0 Å². The third kappa shape index (κ3) is 8.64. The topological polar surface area (TPSA) is 351 Å². The van der Waals surface area contributed by atoms with Crippen molar-refractivity contribution in [3.8, 4) is 0 Å². The van der Waals surface area contributed by atoms with Gasteiger partial charge in [0.1, 0.15) is 36.6 Å². The van der Waals surface area contributed by atoms with E-state index in [-0.39, 0.29) is 23.4 Å². The standard InChI is InChI=1S/C10H15N5O11P2.C6H12O5/c11-10-13-7-4(8(18)14-10)12-2-15(7)9-6(17)5(16)3(25-9)1-24-28(22,23)26-27(19,20)21;1-3(8)5(10)6(11)4(9)2-7/h2-3,5-6,9,16-17H,1H2,(H,22,23)(H2,19,20,21)(H3,11,13,14,18);2-6,8-11H,1H3/t3-,5-,6-,9-;3-,4+,5+,6-/m10/s1. The number of H-pyrrole nitrogens is 1. The molecule has 2 aromatic heterocycles. The summed E-state index contributed by atoms with van der Waals surface area (Å²) in [5.41, 5.74) is 4.65. The minimum atomic E-state index is -5.32. The quantitative estimate of drug-likeness (QED) is 0.0891. The summed E-state index contributed by atoms with van der Waals surface area (Å²) in [5, 5.41) is 55.4. The normalized spacial score (nSPS) is 26.2. The van der Waals surface area contributed by atoms with Crippen LogP contribution in [0.5, 0.6) is 0 Å². The molecule has 1 fully saturated rings. The van der Waals surface area contributed by atoms with E-state index in [9.17, 15) is 33.8 Å². The maximum Gasteiger partial charge on any atom is 0.481 e. The van der Waals surface area contributed by atoms with Gasteiger partial charge in [-0.15, -0.1) is 0 Å². The molecule has 12 N–H and O–H groups in total. The van der Waals surface area contributed by atoms with Crippen LogP contribution in [0, 0.1) is 0 Å². The van der Waals surface area contributed by atoms with Gasteiger partial charge in [0, 0.05) is 0 Å². The van der Waals surface area contributed by atoms with Crippen molar-refractivity contribution in [1.29, 1.82) is 0 Å². The third-order valence-corrected chi connectivity index (χ3v) is 7.16. The Balaban J connectivity index is 0.000000411. The molecule has 0 amide bonds. The monoisotopic (exact) mass is 607 g/mol. The van der Waals surface area contributed by atoms with Gasteiger partial charge < -0.3 is 60.6 Å². The van der Waals surface area contributed by atoms with E-state index in [4.69, 9.17) is 40.7 Å². The lowest BCUT2D eigenvalue weighted by Gasteiger charge is -2.21. The van der Waals surface area contributed by atoms with Crippen LogP contribution in [-0.4, -0.2) is 120 Å². The Morgan fingerprint density at radius 1 is 1.18 bits per heavy atom. The van der Waals surface area contributed by atoms with Crippen molar-refractivity contribution < 1.29 is 72.8 Å². The Labute approximate surface area is 216 Å². The van der Waals surface area contributed by atoms with Crippen LogP contribution >= 0.6 is 15.6 Å². The van der Waals surface area contributed by atoms with Crippen LogP contribution in [0.25, 0.3) is 11.2 Å². The summed E-state index contributed by atoms with van der Waals surface area (Å²) in [6, 6.07) is 0. The summed E-state index contributed by atoms with van der Waals surface area (Å²) in [4.78, 5) is 58.0. The molecule has 1 aliphatic heterocycles. The lowest BCUT2D eigenvalue weighted by Crippen LogP contribution is -2.43. The summed E-state index contributed by atoms with van der Waals surface area (Å²) in [6.07, 6.45) is -10.8. The number of rotatable bonds is 10. The number of aliphatic hydroxyl groups is 6. The molecule has 0 radical (unpaired) electrons. The van der Waals surface area contributed by atoms with Gasteiger partial charge in [0.2, 0.25) is 5.95 Å². The molecule has 39 heavy (non-hydrogen) atoms. The number of phosphoric acid groups is 2. The zero-order valence-electron chi connectivity index (χ0n) is 19.7. The van der Waals surface area contributed by atoms with Crippen molar-refractivity contribution >= 4 is 39.0 Å². The number of hydrogen-bond donors (Lipinski definition) is 11. The predicted molar refractivity (Wildman–Crippen MR) is 123 cm³/mol. The van der Waals surface area contributed by atoms with E-state index in [0.29, 0.717) is 0 Å². The zero-order chi connectivity index (χ0) is 29.9. The number of ether oxygens (including phenoxy) is 1. The fourth-order valence-electron chi connectivity index (χ4n) is 3.12. The van der Waals surface area contributed by atoms with E-state index in [2.05, 4.69) is 23.8 Å². The number of aldehydes is 1. The number of nitrogens with zero attached hydrogens (tertiary/aromatic N) is 3. The van der Waals surface area contributed by atoms with E-state index < -0.39 is 76.8 Å². The first-order valence-electron chi connectivity index (χ1n) is 10.5. The van der Waals surface area contributed by atoms with Gasteiger partial charge in [-0.05, 0) is 6.92 Å². The van der Waals surface area contributed by atoms with Gasteiger partial charge >= 0.3 is 15.6 Å². The highest BCUT2D eigenvalue weighted by atomic mass is 31.3. The van der Waals surface area contributed by atoms with Crippen molar-refractivity contribution in [2.24, 2.45) is 0 Å². The minimum absolute atomic E-state index is 0.0586. The molecule has 222 valence electrons. The maximum atomic E-state index is 11.8. The van der Waals surface area contributed by atoms with Gasteiger partial charge in [0.15, 0.2) is 23.7 Å². The maximum absolute atomic E-state index is 11.8. The molecular formula is C16H27N5O16P2. The summed E-state index contributed by atoms with van der Waals surface area (Å²) >= 11 is 0. The fourth-order valence-corrected chi connectivity index (χ4v) is 4.72. The third-order valence-electron chi connectivity index (χ3n) is 5.01. The number of aliphatic hydroxyl groups excluding tert-OH is 6. The Bertz CT molecular complexity index is 1280. The molecule has 3 heterocycles. The van der Waals surface area contributed by atoms with Crippen LogP contribution in [0.15, 0.2) is 11.1 Å². The summed E-state index contributed by atoms with van der Waals surface area (Å²) < 4.78 is 36.6. The second-order valence-corrected chi connectivity index (χ2v) is 10.8. The number of carbonyl (C=O) groups excluding carboxylic acids is 1. The molecule has 1 unspecified atom stereocenters. The van der Waals surface area contributed by atoms with E-state index >= 15 is 0 Å². The summed E-state index contributed by atoms with van der Waals surface area (Å²) in [7, 11) is -10.5. The van der Waals surface area contributed by atoms with E-state index in [1.165, 1.54) is 6.92 Å². The molecule has 0 spiro atoms. The van der Waals surface area contributed by atoms with Gasteiger partial charge in [-0.1, -0.05) is 0 Å². The van der Waals surface area contributed by atoms with Gasteiger partial charge in [-0.25, -0.2) is 14.1 Å². The number of fused-ring (bicyclic) bond motifs is 1. The van der Waals surface area contributed by atoms with Crippen LogP contribution in [0.3, 0.4) is 0 Å². The highest BCUT2D eigenvalue weighted by Crippen LogP contribution is 2.57. The lowest BCUT2D eigenvalue weighted by atomic mass is 10.1. The molecule has 1 saturated heterocycles. The molecular weight excluding hydrogens is 580 g/mol. The Kier molecular flexibility index (Phi) is 11.0. The first-order valence-corrected chi connectivity index (χ1v) is 13.6. The summed E-state index contributed by atoms with van der Waals surface area (Å²) in [5.74, 6) is -0.233. The van der Waals surface area contributed by atoms with Crippen LogP contribution < -0.4 is 11.3 Å². The molecule has 21 nitrogen and oxygen atoms in total. The SMILES string of the molecule is C[C@H](O)[C@@H](O)[C@@H](O)[C@H](O)C=O.Nc1nc2c(ncn2[C@@H]2O[C@H](COP(=O)(O)OP(=O)(O)O)[C@@H](O)[C@H]2O)c(=O)[nH]1. The number of nitrogens with two attached hydrogens (primary N) is 1. The van der Waals surface area contributed by atoms with E-state index in [1.54, 1.807) is 0 Å². The first kappa shape index (κ1) is 33.0. The number of nitrogens with one attached hydrogen (secondary N) is 1. The molecule has 0 saturated carbocycles. The number of aromatic amines is 1. The molecule has 0 bridgehead atoms. The molecule has 0 aliphatic carbocycles. The van der Waals surface area contributed by atoms with E-state index in [0.717, 1.165) is 10.9 Å². The second-order valence-electron chi connectivity index (χ2n) is 8.01. The number of imidazole rings is 1. The molecule has 9 atom stereocenters. The second kappa shape index (κ2) is 13.0. The Hall–Kier alpha value is -2.20. The number of aromatic nitrogens is 4. The number of anilines is 1. The first-order chi connectivity index (χ1) is 17.9. The zero-order valence-corrected chi connectivity index (χ0v) is 21.5. The molecule has 3 rings (SSSR count). The van der Waals surface area contributed by atoms with Crippen LogP contribution in [0.1, 0.15) is 13.2 Å². The summed E-state index contributed by atoms with van der Waals surface area (Å²) in [6.45, 7) is 0.372. The van der Waals surface area contributed by atoms with Crippen molar-refractivity contribution in [2.75, 3.05) is 12.3 Å². The Morgan fingerprint density at radius 3 is 2.33 bits per heavy atom. The van der Waals surface area contributed by atoms with Crippen LogP contribution in [-0.2, 0) is 27.5 Å². The van der Waals surface area contributed by atoms with E-state index in [1.807, 2.05) is 0 Å². The van der Waals surface area contributed by atoms with Gasteiger partial charge in [-0.3, -0.25) is 18.9 Å². The molecule has 23 heteroatoms. The van der Waals surface area contributed by atoms with Crippen molar-refractivity contribution in [3.05, 3.63) is 16.7 Å². The number of hydrogen-bond acceptors (Lipinski definition) is 16. The van der Waals surface area contributed by atoms with Gasteiger partial charge in [0.05, 0.1) is 19.0 Å². The minimum Gasteiger partial charge on any atom is -0.391 e. The highest BCUT2D eigenvalue weighted by molar-refractivity contribution is 7.60. The highest BCUT2D eigenvalue weighted by Gasteiger charge is 2.46. The van der Waals surface area contributed by atoms with Gasteiger partial charge in [0.25, 0.3) is 5.56 Å². The van der Waals surface area contributed by atoms with Gasteiger partial charge in [-0.2, -0.15) is 9.29 Å². The predicted octanol–water partition coefficient (Wildman–Crippen LogP) is -4.80. The average molecular weight is 607 g/mol. The number of carbonyl (C=O) groups is 1. The van der Waals surface area contributed by atoms with Crippen molar-refractivity contribution in [1.82, 2.24) is 19.5 Å². The number of phosphoric ester groups is 1. The molecule has 1 aliphatic rings. The Morgan fingerprint density at radius 2 is 1.79 bits per heavy atom. The largest absolute Gasteiger partial charge is 0.481 e. The van der Waals surface area contributed by atoms with Crippen LogP contribution in [0.4, 0.5) is 5.95 Å². The van der Waals surface area contributed by atoms with Crippen molar-refractivity contribution in [2.45, 2.75) is 55.9 Å². The average Bonchev–Trinajstić information content (AvgIpc) is 3.36. The number of nitrogen functional groups attached to an aromatic ring is 1. The fraction of sp³-hybridized carbons (Fsp3) is 0.625.